The molecule has 0 spiro atoms. The van der Waals surface area contributed by atoms with Gasteiger partial charge in [0.05, 0.1) is 11.6 Å². The Morgan fingerprint density at radius 2 is 2.29 bits per heavy atom. The quantitative estimate of drug-likeness (QED) is 0.640. The van der Waals surface area contributed by atoms with E-state index in [1.54, 1.807) is 7.11 Å². The lowest BCUT2D eigenvalue weighted by molar-refractivity contribution is 0.411. The third kappa shape index (κ3) is 4.41. The summed E-state index contributed by atoms with van der Waals surface area (Å²) in [7, 11) is 1.67. The fourth-order valence-electron chi connectivity index (χ4n) is 1.58. The van der Waals surface area contributed by atoms with E-state index in [1.807, 2.05) is 6.07 Å². The molecule has 1 rings (SSSR count). The van der Waals surface area contributed by atoms with Gasteiger partial charge in [-0.05, 0) is 53.5 Å². The zero-order valence-corrected chi connectivity index (χ0v) is 11.9. The highest BCUT2D eigenvalue weighted by Crippen LogP contribution is 2.27. The van der Waals surface area contributed by atoms with E-state index in [1.165, 1.54) is 5.56 Å². The van der Waals surface area contributed by atoms with Crippen LogP contribution in [-0.4, -0.2) is 13.7 Å². The predicted molar refractivity (Wildman–Crippen MR) is 75.2 cm³/mol. The van der Waals surface area contributed by atoms with Crippen molar-refractivity contribution in [3.05, 3.63) is 28.2 Å². The van der Waals surface area contributed by atoms with E-state index in [0.717, 1.165) is 29.6 Å². The van der Waals surface area contributed by atoms with E-state index in [-0.39, 0.29) is 0 Å². The molecule has 92 valence electrons. The highest BCUT2D eigenvalue weighted by atomic mass is 79.9. The van der Waals surface area contributed by atoms with Crippen LogP contribution in [0.3, 0.4) is 0 Å². The molecule has 1 N–H and O–H groups in total. The summed E-state index contributed by atoms with van der Waals surface area (Å²) in [5, 5.41) is 3.44. The maximum absolute atomic E-state index is 5.21. The first-order valence-electron chi connectivity index (χ1n) is 5.69. The number of halogens is 1. The van der Waals surface area contributed by atoms with Crippen LogP contribution in [-0.2, 0) is 0 Å². The number of methoxy groups -OCH3 is 1. The van der Waals surface area contributed by atoms with Gasteiger partial charge >= 0.3 is 0 Å². The third-order valence-electron chi connectivity index (χ3n) is 2.62. The third-order valence-corrected chi connectivity index (χ3v) is 3.24. The molecule has 1 atom stereocenters. The smallest absolute Gasteiger partial charge is 0.133 e. The number of rotatable bonds is 6. The fraction of sp³-hybridized carbons (Fsp3) is 0.429. The second-order valence-electron chi connectivity index (χ2n) is 3.88. The summed E-state index contributed by atoms with van der Waals surface area (Å²) in [5.41, 5.74) is 1.23. The zero-order chi connectivity index (χ0) is 12.7. The SMILES string of the molecule is C#CCCCNC(C)c1ccc(OC)c(Br)c1. The second kappa shape index (κ2) is 7.37. The number of benzene rings is 1. The van der Waals surface area contributed by atoms with Crippen molar-refractivity contribution >= 4 is 15.9 Å². The van der Waals surface area contributed by atoms with E-state index in [2.05, 4.69) is 46.2 Å². The molecule has 1 aromatic rings. The molecule has 0 saturated heterocycles. The molecule has 0 fully saturated rings. The van der Waals surface area contributed by atoms with Crippen LogP contribution in [0.1, 0.15) is 31.4 Å². The molecule has 0 aliphatic rings. The molecule has 0 bridgehead atoms. The minimum absolute atomic E-state index is 0.315. The lowest BCUT2D eigenvalue weighted by Gasteiger charge is -2.15. The van der Waals surface area contributed by atoms with Crippen LogP contribution in [0, 0.1) is 12.3 Å². The molecule has 0 aromatic heterocycles. The Morgan fingerprint density at radius 1 is 1.53 bits per heavy atom. The second-order valence-corrected chi connectivity index (χ2v) is 4.73. The Balaban J connectivity index is 2.54. The molecule has 1 aromatic carbocycles. The highest BCUT2D eigenvalue weighted by molar-refractivity contribution is 9.10. The Morgan fingerprint density at radius 3 is 2.88 bits per heavy atom. The summed E-state index contributed by atoms with van der Waals surface area (Å²) >= 11 is 3.49. The van der Waals surface area contributed by atoms with Crippen molar-refractivity contribution in [1.29, 1.82) is 0 Å². The fourth-order valence-corrected chi connectivity index (χ4v) is 2.14. The van der Waals surface area contributed by atoms with E-state index in [0.29, 0.717) is 6.04 Å². The predicted octanol–water partition coefficient (Wildman–Crippen LogP) is 3.52. The minimum atomic E-state index is 0.315. The molecule has 0 radical (unpaired) electrons. The monoisotopic (exact) mass is 295 g/mol. The maximum atomic E-state index is 5.21. The largest absolute Gasteiger partial charge is 0.496 e. The van der Waals surface area contributed by atoms with Crippen molar-refractivity contribution in [2.45, 2.75) is 25.8 Å². The maximum Gasteiger partial charge on any atom is 0.133 e. The summed E-state index contributed by atoms with van der Waals surface area (Å²) in [6.45, 7) is 3.08. The molecule has 0 amide bonds. The van der Waals surface area contributed by atoms with Crippen molar-refractivity contribution in [3.63, 3.8) is 0 Å². The van der Waals surface area contributed by atoms with Gasteiger partial charge in [-0.1, -0.05) is 6.07 Å². The van der Waals surface area contributed by atoms with Crippen molar-refractivity contribution in [2.75, 3.05) is 13.7 Å². The molecule has 3 heteroatoms. The molecule has 2 nitrogen and oxygen atoms in total. The van der Waals surface area contributed by atoms with Crippen molar-refractivity contribution in [1.82, 2.24) is 5.32 Å². The van der Waals surface area contributed by atoms with Crippen LogP contribution in [0.2, 0.25) is 0 Å². The average Bonchev–Trinajstić information content (AvgIpc) is 2.34. The number of ether oxygens (including phenoxy) is 1. The molecule has 1 unspecified atom stereocenters. The summed E-state index contributed by atoms with van der Waals surface area (Å²) in [6.07, 6.45) is 7.05. The zero-order valence-electron chi connectivity index (χ0n) is 10.3. The van der Waals surface area contributed by atoms with Gasteiger partial charge in [-0.25, -0.2) is 0 Å². The number of hydrogen-bond donors (Lipinski definition) is 1. The van der Waals surface area contributed by atoms with Gasteiger partial charge in [-0.2, -0.15) is 0 Å². The standard InChI is InChI=1S/C14H18BrNO/c1-4-5-6-9-16-11(2)12-7-8-14(17-3)13(15)10-12/h1,7-8,10-11,16H,5-6,9H2,2-3H3. The number of unbranched alkanes of at least 4 members (excludes halogenated alkanes) is 1. The summed E-state index contributed by atoms with van der Waals surface area (Å²) in [4.78, 5) is 0. The Hall–Kier alpha value is -0.980. The lowest BCUT2D eigenvalue weighted by atomic mass is 10.1. The van der Waals surface area contributed by atoms with Crippen LogP contribution >= 0.6 is 15.9 Å². The minimum Gasteiger partial charge on any atom is -0.496 e. The number of hydrogen-bond acceptors (Lipinski definition) is 2. The summed E-state index contributed by atoms with van der Waals surface area (Å²) < 4.78 is 6.18. The Bertz CT molecular complexity index is 398. The topological polar surface area (TPSA) is 21.3 Å². The first kappa shape index (κ1) is 14.1. The van der Waals surface area contributed by atoms with E-state index in [9.17, 15) is 0 Å². The number of terminal acetylenes is 1. The van der Waals surface area contributed by atoms with Gasteiger partial charge in [0, 0.05) is 12.5 Å². The van der Waals surface area contributed by atoms with Crippen molar-refractivity contribution < 1.29 is 4.74 Å². The highest BCUT2D eigenvalue weighted by Gasteiger charge is 2.07. The molecule has 17 heavy (non-hydrogen) atoms. The van der Waals surface area contributed by atoms with Gasteiger partial charge in [0.15, 0.2) is 0 Å². The number of nitrogens with one attached hydrogen (secondary N) is 1. The average molecular weight is 296 g/mol. The van der Waals surface area contributed by atoms with Crippen molar-refractivity contribution in [2.24, 2.45) is 0 Å². The van der Waals surface area contributed by atoms with Crippen LogP contribution in [0.5, 0.6) is 5.75 Å². The molecule has 0 heterocycles. The molecule has 0 saturated carbocycles. The van der Waals surface area contributed by atoms with Gasteiger partial charge in [-0.3, -0.25) is 0 Å². The molecular formula is C14H18BrNO. The summed E-state index contributed by atoms with van der Waals surface area (Å²) in [5.74, 6) is 3.50. The Labute approximate surface area is 112 Å². The van der Waals surface area contributed by atoms with Crippen molar-refractivity contribution in [3.8, 4) is 18.1 Å². The molecular weight excluding hydrogens is 278 g/mol. The van der Waals surface area contributed by atoms with Gasteiger partial charge < -0.3 is 10.1 Å². The summed E-state index contributed by atoms with van der Waals surface area (Å²) in [6, 6.07) is 6.44. The molecule has 0 aliphatic carbocycles. The van der Waals surface area contributed by atoms with Crippen LogP contribution in [0.25, 0.3) is 0 Å². The lowest BCUT2D eigenvalue weighted by Crippen LogP contribution is -2.19. The first-order chi connectivity index (χ1) is 8.19. The Kier molecular flexibility index (Phi) is 6.10. The van der Waals surface area contributed by atoms with Gasteiger partial charge in [0.2, 0.25) is 0 Å². The normalized spacial score (nSPS) is 11.9. The van der Waals surface area contributed by atoms with Gasteiger partial charge in [0.25, 0.3) is 0 Å². The van der Waals surface area contributed by atoms with Crippen LogP contribution in [0.15, 0.2) is 22.7 Å². The van der Waals surface area contributed by atoms with E-state index >= 15 is 0 Å². The van der Waals surface area contributed by atoms with Gasteiger partial charge in [-0.15, -0.1) is 12.3 Å². The van der Waals surface area contributed by atoms with Crippen LogP contribution in [0.4, 0.5) is 0 Å². The van der Waals surface area contributed by atoms with E-state index in [4.69, 9.17) is 11.2 Å². The van der Waals surface area contributed by atoms with Crippen LogP contribution < -0.4 is 10.1 Å². The molecule has 0 aliphatic heterocycles. The first-order valence-corrected chi connectivity index (χ1v) is 6.48. The van der Waals surface area contributed by atoms with Gasteiger partial charge in [0.1, 0.15) is 5.75 Å². The van der Waals surface area contributed by atoms with E-state index < -0.39 is 0 Å².